The summed E-state index contributed by atoms with van der Waals surface area (Å²) in [5.41, 5.74) is 3.16. The zero-order valence-corrected chi connectivity index (χ0v) is 22.9. The average molecular weight is 567 g/mol. The highest BCUT2D eigenvalue weighted by molar-refractivity contribution is 7.97. The summed E-state index contributed by atoms with van der Waals surface area (Å²) in [7, 11) is 0. The standard InChI is InChI=1S/C29H29F3N6OS/c1-19-28(34-21-16-22(18-33-17-21)36-10-12-39-13-11-36)27-24(32)14-20(30)15-25(27)35-29(19)37-6-8-38(9-7-37)40-26-5-3-2-4-23(26)31/h2-5,14-18H,6-13H2,1H3,(H,34,35). The van der Waals surface area contributed by atoms with Crippen LogP contribution in [0.25, 0.3) is 10.9 Å². The Bertz CT molecular complexity index is 1530. The Kier molecular flexibility index (Phi) is 7.68. The lowest BCUT2D eigenvalue weighted by Crippen LogP contribution is -2.44. The molecule has 2 aromatic carbocycles. The Morgan fingerprint density at radius 3 is 2.42 bits per heavy atom. The molecule has 2 fully saturated rings. The number of halogens is 3. The first-order chi connectivity index (χ1) is 19.5. The van der Waals surface area contributed by atoms with Crippen molar-refractivity contribution in [1.29, 1.82) is 0 Å². The van der Waals surface area contributed by atoms with Gasteiger partial charge >= 0.3 is 0 Å². The maximum Gasteiger partial charge on any atom is 0.138 e. The van der Waals surface area contributed by atoms with E-state index in [1.165, 1.54) is 24.1 Å². The van der Waals surface area contributed by atoms with E-state index in [2.05, 4.69) is 24.4 Å². The van der Waals surface area contributed by atoms with E-state index >= 15 is 4.39 Å². The quantitative estimate of drug-likeness (QED) is 0.296. The van der Waals surface area contributed by atoms with Gasteiger partial charge in [0.15, 0.2) is 0 Å². The molecule has 1 N–H and O–H groups in total. The monoisotopic (exact) mass is 566 g/mol. The van der Waals surface area contributed by atoms with Crippen LogP contribution >= 0.6 is 11.9 Å². The predicted molar refractivity (Wildman–Crippen MR) is 153 cm³/mol. The third-order valence-electron chi connectivity index (χ3n) is 7.19. The molecular weight excluding hydrogens is 537 g/mol. The van der Waals surface area contributed by atoms with E-state index in [4.69, 9.17) is 9.72 Å². The molecular formula is C29H29F3N6OS. The molecule has 0 bridgehead atoms. The van der Waals surface area contributed by atoms with Crippen molar-refractivity contribution in [3.63, 3.8) is 0 Å². The zero-order valence-electron chi connectivity index (χ0n) is 22.0. The van der Waals surface area contributed by atoms with E-state index in [1.54, 1.807) is 24.5 Å². The molecule has 2 aliphatic rings. The number of nitrogens with one attached hydrogen (secondary N) is 1. The minimum Gasteiger partial charge on any atom is -0.378 e. The van der Waals surface area contributed by atoms with Gasteiger partial charge in [-0.05, 0) is 37.1 Å². The molecule has 208 valence electrons. The molecule has 0 atom stereocenters. The van der Waals surface area contributed by atoms with Gasteiger partial charge in [-0.2, -0.15) is 0 Å². The SMILES string of the molecule is Cc1c(N2CCN(Sc3ccccc3F)CC2)nc2cc(F)cc(F)c2c1Nc1cncc(N2CCOCC2)c1. The first kappa shape index (κ1) is 26.7. The van der Waals surface area contributed by atoms with Crippen molar-refractivity contribution in [3.8, 4) is 0 Å². The smallest absolute Gasteiger partial charge is 0.138 e. The van der Waals surface area contributed by atoms with Gasteiger partial charge in [0, 0.05) is 57.0 Å². The number of hydrogen-bond acceptors (Lipinski definition) is 8. The minimum atomic E-state index is -0.680. The number of aromatic nitrogens is 2. The first-order valence-corrected chi connectivity index (χ1v) is 14.0. The van der Waals surface area contributed by atoms with Crippen LogP contribution in [0.15, 0.2) is 59.8 Å². The summed E-state index contributed by atoms with van der Waals surface area (Å²) in [5.74, 6) is -0.940. The Morgan fingerprint density at radius 2 is 1.65 bits per heavy atom. The number of benzene rings is 2. The van der Waals surface area contributed by atoms with Crippen LogP contribution in [0.3, 0.4) is 0 Å². The number of pyridine rings is 2. The molecule has 0 amide bonds. The fourth-order valence-corrected chi connectivity index (χ4v) is 6.06. The van der Waals surface area contributed by atoms with Gasteiger partial charge in [-0.25, -0.2) is 22.5 Å². The van der Waals surface area contributed by atoms with Gasteiger partial charge in [0.1, 0.15) is 23.3 Å². The van der Waals surface area contributed by atoms with Crippen LogP contribution in [-0.4, -0.2) is 66.8 Å². The number of fused-ring (bicyclic) bond motifs is 1. The molecule has 0 unspecified atom stereocenters. The number of hydrogen-bond donors (Lipinski definition) is 1. The van der Waals surface area contributed by atoms with Crippen molar-refractivity contribution in [2.45, 2.75) is 11.8 Å². The number of ether oxygens (including phenoxy) is 1. The lowest BCUT2D eigenvalue weighted by molar-refractivity contribution is 0.122. The second-order valence-electron chi connectivity index (χ2n) is 9.81. The molecule has 4 aromatic rings. The van der Waals surface area contributed by atoms with Gasteiger partial charge < -0.3 is 19.9 Å². The maximum absolute atomic E-state index is 15.2. The van der Waals surface area contributed by atoms with Gasteiger partial charge in [-0.3, -0.25) is 4.98 Å². The van der Waals surface area contributed by atoms with E-state index in [0.29, 0.717) is 61.5 Å². The third-order valence-corrected chi connectivity index (χ3v) is 8.34. The van der Waals surface area contributed by atoms with Gasteiger partial charge in [0.05, 0.1) is 58.5 Å². The summed E-state index contributed by atoms with van der Waals surface area (Å²) in [4.78, 5) is 14.0. The van der Waals surface area contributed by atoms with Gasteiger partial charge in [0.25, 0.3) is 0 Å². The van der Waals surface area contributed by atoms with E-state index < -0.39 is 11.6 Å². The Balaban J connectivity index is 1.30. The van der Waals surface area contributed by atoms with Crippen LogP contribution in [0.4, 0.5) is 36.1 Å². The van der Waals surface area contributed by atoms with Crippen LogP contribution in [0.5, 0.6) is 0 Å². The van der Waals surface area contributed by atoms with E-state index in [0.717, 1.165) is 30.4 Å². The Hall–Kier alpha value is -3.54. The van der Waals surface area contributed by atoms with E-state index in [1.807, 2.05) is 19.1 Å². The van der Waals surface area contributed by atoms with Crippen molar-refractivity contribution < 1.29 is 17.9 Å². The highest BCUT2D eigenvalue weighted by Gasteiger charge is 2.25. The van der Waals surface area contributed by atoms with E-state index in [-0.39, 0.29) is 16.7 Å². The fourth-order valence-electron chi connectivity index (χ4n) is 5.14. The summed E-state index contributed by atoms with van der Waals surface area (Å²) in [6.07, 6.45) is 3.49. The summed E-state index contributed by atoms with van der Waals surface area (Å²) in [5, 5.41) is 3.61. The predicted octanol–water partition coefficient (Wildman–Crippen LogP) is 5.77. The van der Waals surface area contributed by atoms with Crippen LogP contribution in [0.2, 0.25) is 0 Å². The lowest BCUT2D eigenvalue weighted by Gasteiger charge is -2.36. The Labute approximate surface area is 235 Å². The van der Waals surface area contributed by atoms with Gasteiger partial charge in [-0.1, -0.05) is 12.1 Å². The van der Waals surface area contributed by atoms with Crippen LogP contribution in [0, 0.1) is 24.4 Å². The topological polar surface area (TPSA) is 56.8 Å². The molecule has 0 saturated carbocycles. The van der Waals surface area contributed by atoms with Crippen LogP contribution < -0.4 is 15.1 Å². The second-order valence-corrected chi connectivity index (χ2v) is 10.9. The molecule has 2 saturated heterocycles. The summed E-state index contributed by atoms with van der Waals surface area (Å²) in [6, 6.07) is 10.9. The fraction of sp³-hybridized carbons (Fsp3) is 0.310. The minimum absolute atomic E-state index is 0.230. The number of morpholine rings is 1. The highest BCUT2D eigenvalue weighted by Crippen LogP contribution is 2.38. The lowest BCUT2D eigenvalue weighted by atomic mass is 10.1. The maximum atomic E-state index is 15.2. The van der Waals surface area contributed by atoms with Crippen LogP contribution in [0.1, 0.15) is 5.56 Å². The van der Waals surface area contributed by atoms with Crippen molar-refractivity contribution in [2.75, 3.05) is 67.6 Å². The summed E-state index contributed by atoms with van der Waals surface area (Å²) < 4.78 is 51.3. The summed E-state index contributed by atoms with van der Waals surface area (Å²) in [6.45, 7) is 7.33. The molecule has 0 spiro atoms. The third kappa shape index (κ3) is 5.54. The van der Waals surface area contributed by atoms with Crippen molar-refractivity contribution in [1.82, 2.24) is 14.3 Å². The molecule has 2 aliphatic heterocycles. The zero-order chi connectivity index (χ0) is 27.6. The molecule has 0 aliphatic carbocycles. The molecule has 2 aromatic heterocycles. The van der Waals surface area contributed by atoms with Crippen molar-refractivity contribution in [2.24, 2.45) is 0 Å². The molecule has 7 nitrogen and oxygen atoms in total. The van der Waals surface area contributed by atoms with Crippen LogP contribution in [-0.2, 0) is 4.74 Å². The average Bonchev–Trinajstić information content (AvgIpc) is 2.96. The number of anilines is 4. The first-order valence-electron chi connectivity index (χ1n) is 13.2. The number of piperazine rings is 1. The number of nitrogens with zero attached hydrogens (tertiary/aromatic N) is 5. The van der Waals surface area contributed by atoms with Crippen molar-refractivity contribution in [3.05, 3.63) is 77.9 Å². The largest absolute Gasteiger partial charge is 0.378 e. The molecule has 4 heterocycles. The number of rotatable bonds is 6. The van der Waals surface area contributed by atoms with Gasteiger partial charge in [0.2, 0.25) is 0 Å². The molecule has 11 heteroatoms. The van der Waals surface area contributed by atoms with Crippen molar-refractivity contribution >= 4 is 45.7 Å². The molecule has 0 radical (unpaired) electrons. The molecule has 40 heavy (non-hydrogen) atoms. The second kappa shape index (κ2) is 11.5. The normalized spacial score (nSPS) is 16.5. The Morgan fingerprint density at radius 1 is 0.875 bits per heavy atom. The summed E-state index contributed by atoms with van der Waals surface area (Å²) >= 11 is 1.40. The highest BCUT2D eigenvalue weighted by atomic mass is 32.2. The molecule has 6 rings (SSSR count). The van der Waals surface area contributed by atoms with E-state index in [9.17, 15) is 8.78 Å². The van der Waals surface area contributed by atoms with Gasteiger partial charge in [-0.15, -0.1) is 0 Å².